The highest BCUT2D eigenvalue weighted by atomic mass is 16.1. The summed E-state index contributed by atoms with van der Waals surface area (Å²) in [6, 6.07) is 5.57. The molecular formula is C14H16N8O. The molecule has 1 saturated heterocycles. The van der Waals surface area contributed by atoms with E-state index in [4.69, 9.17) is 0 Å². The van der Waals surface area contributed by atoms with Crippen molar-refractivity contribution in [3.8, 4) is 0 Å². The number of aromatic amines is 1. The van der Waals surface area contributed by atoms with Crippen LogP contribution in [0.4, 0.5) is 5.82 Å². The van der Waals surface area contributed by atoms with E-state index >= 15 is 0 Å². The van der Waals surface area contributed by atoms with Gasteiger partial charge >= 0.3 is 0 Å². The van der Waals surface area contributed by atoms with Crippen molar-refractivity contribution >= 4 is 17.4 Å². The van der Waals surface area contributed by atoms with Crippen molar-refractivity contribution < 1.29 is 4.79 Å². The minimum atomic E-state index is -0.142. The zero-order valence-corrected chi connectivity index (χ0v) is 12.6. The van der Waals surface area contributed by atoms with Crippen LogP contribution in [0.5, 0.6) is 0 Å². The number of nitrogens with one attached hydrogen (secondary N) is 2. The van der Waals surface area contributed by atoms with E-state index in [0.717, 1.165) is 30.2 Å². The van der Waals surface area contributed by atoms with Crippen molar-refractivity contribution in [1.29, 1.82) is 0 Å². The van der Waals surface area contributed by atoms with E-state index in [9.17, 15) is 4.79 Å². The summed E-state index contributed by atoms with van der Waals surface area (Å²) in [5, 5.41) is 21.8. The number of rotatable bonds is 4. The topological polar surface area (TPSA) is 104 Å². The monoisotopic (exact) mass is 312 g/mol. The molecule has 0 spiro atoms. The molecule has 0 atom stereocenters. The standard InChI is InChI=1S/C14H16N8O/c1-9-4-11(18-17-9)14(23)15-5-10-6-21(7-10)13-3-2-12-19-16-8-22(12)20-13/h2-4,8,10H,5-7H2,1H3,(H,15,23)(H,17,18). The number of aromatic nitrogens is 6. The number of carbonyl (C=O) groups is 1. The smallest absolute Gasteiger partial charge is 0.271 e. The highest BCUT2D eigenvalue weighted by Gasteiger charge is 2.28. The maximum Gasteiger partial charge on any atom is 0.271 e. The van der Waals surface area contributed by atoms with E-state index in [2.05, 4.69) is 35.7 Å². The molecule has 118 valence electrons. The molecule has 1 fully saturated rings. The van der Waals surface area contributed by atoms with E-state index < -0.39 is 0 Å². The molecule has 1 aliphatic rings. The molecule has 2 N–H and O–H groups in total. The molecule has 1 aliphatic heterocycles. The molecule has 0 aliphatic carbocycles. The van der Waals surface area contributed by atoms with E-state index in [0.29, 0.717) is 18.2 Å². The molecule has 0 unspecified atom stereocenters. The van der Waals surface area contributed by atoms with Gasteiger partial charge in [-0.15, -0.1) is 15.3 Å². The third-order valence-electron chi connectivity index (χ3n) is 3.92. The molecule has 4 rings (SSSR count). The fraction of sp³-hybridized carbons (Fsp3) is 0.357. The molecular weight excluding hydrogens is 296 g/mol. The van der Waals surface area contributed by atoms with Gasteiger partial charge in [0.2, 0.25) is 0 Å². The largest absolute Gasteiger partial charge is 0.354 e. The van der Waals surface area contributed by atoms with Gasteiger partial charge < -0.3 is 10.2 Å². The van der Waals surface area contributed by atoms with E-state index in [-0.39, 0.29) is 5.91 Å². The predicted octanol–water partition coefficient (Wildman–Crippen LogP) is 0.0220. The van der Waals surface area contributed by atoms with Crippen LogP contribution < -0.4 is 10.2 Å². The minimum absolute atomic E-state index is 0.142. The van der Waals surface area contributed by atoms with Gasteiger partial charge in [0.25, 0.3) is 5.91 Å². The number of amides is 1. The summed E-state index contributed by atoms with van der Waals surface area (Å²) in [6.07, 6.45) is 1.59. The van der Waals surface area contributed by atoms with Gasteiger partial charge in [0.1, 0.15) is 17.8 Å². The van der Waals surface area contributed by atoms with Crippen molar-refractivity contribution in [2.45, 2.75) is 6.92 Å². The van der Waals surface area contributed by atoms with Crippen LogP contribution in [0.3, 0.4) is 0 Å². The van der Waals surface area contributed by atoms with Crippen molar-refractivity contribution in [1.82, 2.24) is 35.3 Å². The van der Waals surface area contributed by atoms with Crippen LogP contribution in [-0.2, 0) is 0 Å². The number of aryl methyl sites for hydroxylation is 1. The van der Waals surface area contributed by atoms with Gasteiger partial charge in [-0.3, -0.25) is 9.89 Å². The van der Waals surface area contributed by atoms with Crippen molar-refractivity contribution in [3.63, 3.8) is 0 Å². The molecule has 4 heterocycles. The predicted molar refractivity (Wildman–Crippen MR) is 82.1 cm³/mol. The lowest BCUT2D eigenvalue weighted by Gasteiger charge is -2.40. The Bertz CT molecular complexity index is 847. The zero-order valence-electron chi connectivity index (χ0n) is 12.6. The third kappa shape index (κ3) is 2.60. The lowest BCUT2D eigenvalue weighted by atomic mass is 10.0. The normalized spacial score (nSPS) is 14.9. The van der Waals surface area contributed by atoms with Crippen LogP contribution >= 0.6 is 0 Å². The zero-order chi connectivity index (χ0) is 15.8. The van der Waals surface area contributed by atoms with Crippen LogP contribution in [0.2, 0.25) is 0 Å². The number of nitrogens with zero attached hydrogens (tertiary/aromatic N) is 6. The first-order chi connectivity index (χ1) is 11.2. The Morgan fingerprint density at radius 3 is 3.09 bits per heavy atom. The Kier molecular flexibility index (Phi) is 3.18. The SMILES string of the molecule is Cc1cc(C(=O)NCC2CN(c3ccc4nncn4n3)C2)n[nH]1. The average Bonchev–Trinajstić information content (AvgIpc) is 3.13. The van der Waals surface area contributed by atoms with Crippen molar-refractivity contribution in [3.05, 3.63) is 35.9 Å². The first-order valence-corrected chi connectivity index (χ1v) is 7.41. The molecule has 23 heavy (non-hydrogen) atoms. The van der Waals surface area contributed by atoms with Gasteiger partial charge in [0.15, 0.2) is 5.65 Å². The van der Waals surface area contributed by atoms with Gasteiger partial charge in [0, 0.05) is 31.2 Å². The Labute approximate surface area is 131 Å². The van der Waals surface area contributed by atoms with Gasteiger partial charge in [-0.2, -0.15) is 9.61 Å². The first kappa shape index (κ1) is 13.7. The summed E-state index contributed by atoms with van der Waals surface area (Å²) in [5.41, 5.74) is 2.03. The summed E-state index contributed by atoms with van der Waals surface area (Å²) >= 11 is 0. The number of H-pyrrole nitrogens is 1. The van der Waals surface area contributed by atoms with Crippen LogP contribution in [0.15, 0.2) is 24.5 Å². The molecule has 3 aromatic rings. The molecule has 3 aromatic heterocycles. The van der Waals surface area contributed by atoms with Crippen LogP contribution in [0.1, 0.15) is 16.2 Å². The summed E-state index contributed by atoms with van der Waals surface area (Å²) in [6.45, 7) is 4.23. The second-order valence-electron chi connectivity index (χ2n) is 5.74. The fourth-order valence-corrected chi connectivity index (χ4v) is 2.64. The Hall–Kier alpha value is -2.97. The number of anilines is 1. The lowest BCUT2D eigenvalue weighted by Crippen LogP contribution is -2.52. The summed E-state index contributed by atoms with van der Waals surface area (Å²) < 4.78 is 1.66. The van der Waals surface area contributed by atoms with E-state index in [1.54, 1.807) is 16.9 Å². The highest BCUT2D eigenvalue weighted by molar-refractivity contribution is 5.92. The summed E-state index contributed by atoms with van der Waals surface area (Å²) in [7, 11) is 0. The second kappa shape index (κ2) is 5.34. The molecule has 9 heteroatoms. The van der Waals surface area contributed by atoms with Gasteiger partial charge in [0.05, 0.1) is 0 Å². The molecule has 0 aromatic carbocycles. The van der Waals surface area contributed by atoms with Crippen LogP contribution in [0.25, 0.3) is 5.65 Å². The summed E-state index contributed by atoms with van der Waals surface area (Å²) in [4.78, 5) is 14.1. The Morgan fingerprint density at radius 2 is 2.30 bits per heavy atom. The number of fused-ring (bicyclic) bond motifs is 1. The quantitative estimate of drug-likeness (QED) is 0.704. The lowest BCUT2D eigenvalue weighted by molar-refractivity contribution is 0.0939. The maximum atomic E-state index is 11.9. The van der Waals surface area contributed by atoms with Gasteiger partial charge in [-0.1, -0.05) is 0 Å². The summed E-state index contributed by atoms with van der Waals surface area (Å²) in [5.74, 6) is 1.16. The molecule has 1 amide bonds. The fourth-order valence-electron chi connectivity index (χ4n) is 2.64. The number of carbonyl (C=O) groups excluding carboxylic acids is 1. The number of hydrogen-bond acceptors (Lipinski definition) is 6. The van der Waals surface area contributed by atoms with Crippen LogP contribution in [0, 0.1) is 12.8 Å². The second-order valence-corrected chi connectivity index (χ2v) is 5.74. The van der Waals surface area contributed by atoms with Crippen molar-refractivity contribution in [2.75, 3.05) is 24.5 Å². The average molecular weight is 312 g/mol. The van der Waals surface area contributed by atoms with Crippen molar-refractivity contribution in [2.24, 2.45) is 5.92 Å². The van der Waals surface area contributed by atoms with Crippen LogP contribution in [-0.4, -0.2) is 55.6 Å². The Morgan fingerprint density at radius 1 is 1.43 bits per heavy atom. The number of hydrogen-bond donors (Lipinski definition) is 2. The van der Waals surface area contributed by atoms with E-state index in [1.807, 2.05) is 19.1 Å². The minimum Gasteiger partial charge on any atom is -0.354 e. The maximum absolute atomic E-state index is 11.9. The molecule has 9 nitrogen and oxygen atoms in total. The highest BCUT2D eigenvalue weighted by Crippen LogP contribution is 2.22. The Balaban J connectivity index is 1.30. The molecule has 0 radical (unpaired) electrons. The third-order valence-corrected chi connectivity index (χ3v) is 3.92. The first-order valence-electron chi connectivity index (χ1n) is 7.41. The molecule has 0 bridgehead atoms. The van der Waals surface area contributed by atoms with Gasteiger partial charge in [-0.05, 0) is 25.1 Å². The molecule has 0 saturated carbocycles. The van der Waals surface area contributed by atoms with Gasteiger partial charge in [-0.25, -0.2) is 0 Å². The van der Waals surface area contributed by atoms with E-state index in [1.165, 1.54) is 0 Å².